The van der Waals surface area contributed by atoms with Gasteiger partial charge in [0, 0.05) is 10.7 Å². The summed E-state index contributed by atoms with van der Waals surface area (Å²) in [6.45, 7) is 3.91. The third-order valence-electron chi connectivity index (χ3n) is 3.44. The van der Waals surface area contributed by atoms with E-state index in [1.54, 1.807) is 18.2 Å². The van der Waals surface area contributed by atoms with Crippen molar-refractivity contribution in [3.63, 3.8) is 0 Å². The average Bonchev–Trinajstić information content (AvgIpc) is 3.05. The van der Waals surface area contributed by atoms with E-state index in [4.69, 9.17) is 11.6 Å². The van der Waals surface area contributed by atoms with E-state index in [1.165, 1.54) is 11.0 Å². The lowest BCUT2D eigenvalue weighted by molar-refractivity contribution is 0.102. The van der Waals surface area contributed by atoms with Crippen molar-refractivity contribution in [1.82, 2.24) is 20.2 Å². The first-order valence-electron chi connectivity index (χ1n) is 6.96. The molecule has 2 aromatic carbocycles. The van der Waals surface area contributed by atoms with Gasteiger partial charge in [0.15, 0.2) is 0 Å². The summed E-state index contributed by atoms with van der Waals surface area (Å²) in [5, 5.41) is 14.4. The van der Waals surface area contributed by atoms with Crippen LogP contribution in [0.25, 0.3) is 5.69 Å². The van der Waals surface area contributed by atoms with Crippen LogP contribution in [-0.2, 0) is 0 Å². The fourth-order valence-electron chi connectivity index (χ4n) is 2.22. The minimum atomic E-state index is -0.272. The van der Waals surface area contributed by atoms with Crippen molar-refractivity contribution in [1.29, 1.82) is 0 Å². The minimum Gasteiger partial charge on any atom is -0.322 e. The summed E-state index contributed by atoms with van der Waals surface area (Å²) in [4.78, 5) is 12.7. The molecule has 1 N–H and O–H groups in total. The van der Waals surface area contributed by atoms with Crippen LogP contribution in [0.3, 0.4) is 0 Å². The number of anilines is 1. The summed E-state index contributed by atoms with van der Waals surface area (Å²) in [7, 11) is 0. The molecular formula is C16H14ClN5O. The van der Waals surface area contributed by atoms with Gasteiger partial charge in [-0.25, -0.2) is 0 Å². The van der Waals surface area contributed by atoms with Crippen LogP contribution < -0.4 is 5.32 Å². The van der Waals surface area contributed by atoms with Crippen molar-refractivity contribution in [3.05, 3.63) is 64.4 Å². The van der Waals surface area contributed by atoms with Crippen molar-refractivity contribution in [2.75, 3.05) is 5.32 Å². The lowest BCUT2D eigenvalue weighted by atomic mass is 10.1. The van der Waals surface area contributed by atoms with Crippen LogP contribution in [-0.4, -0.2) is 26.1 Å². The highest BCUT2D eigenvalue weighted by molar-refractivity contribution is 6.31. The standard InChI is InChI=1S/C16H14ClN5O/c1-10-3-4-11(2)14(7-10)19-16(23)13-8-12(17)5-6-15(13)22-9-18-20-21-22/h3-9H,1-2H3,(H,19,23). The smallest absolute Gasteiger partial charge is 0.257 e. The summed E-state index contributed by atoms with van der Waals surface area (Å²) < 4.78 is 1.42. The van der Waals surface area contributed by atoms with Gasteiger partial charge in [-0.3, -0.25) is 4.79 Å². The number of nitrogens with one attached hydrogen (secondary N) is 1. The Kier molecular flexibility index (Phi) is 4.08. The van der Waals surface area contributed by atoms with Gasteiger partial charge in [-0.15, -0.1) is 5.10 Å². The van der Waals surface area contributed by atoms with E-state index in [9.17, 15) is 4.79 Å². The number of hydrogen-bond acceptors (Lipinski definition) is 4. The van der Waals surface area contributed by atoms with E-state index in [0.29, 0.717) is 16.3 Å². The molecule has 0 spiro atoms. The van der Waals surface area contributed by atoms with Crippen molar-refractivity contribution >= 4 is 23.2 Å². The van der Waals surface area contributed by atoms with Crippen LogP contribution in [0.2, 0.25) is 5.02 Å². The SMILES string of the molecule is Cc1ccc(C)c(NC(=O)c2cc(Cl)ccc2-n2cnnn2)c1. The van der Waals surface area contributed by atoms with Gasteiger partial charge < -0.3 is 5.32 Å². The predicted molar refractivity (Wildman–Crippen MR) is 88.0 cm³/mol. The van der Waals surface area contributed by atoms with Crippen molar-refractivity contribution < 1.29 is 4.79 Å². The molecule has 0 unspecified atom stereocenters. The minimum absolute atomic E-state index is 0.272. The lowest BCUT2D eigenvalue weighted by Gasteiger charge is -2.12. The molecule has 3 rings (SSSR count). The molecule has 0 saturated carbocycles. The molecule has 0 radical (unpaired) electrons. The number of benzene rings is 2. The molecule has 0 atom stereocenters. The van der Waals surface area contributed by atoms with Gasteiger partial charge in [-0.2, -0.15) is 4.68 Å². The van der Waals surface area contributed by atoms with E-state index in [0.717, 1.165) is 16.8 Å². The topological polar surface area (TPSA) is 72.7 Å². The number of carbonyl (C=O) groups excluding carboxylic acids is 1. The number of aromatic nitrogens is 4. The molecule has 0 saturated heterocycles. The Bertz CT molecular complexity index is 861. The number of carbonyl (C=O) groups is 1. The zero-order valence-corrected chi connectivity index (χ0v) is 13.4. The molecule has 1 amide bonds. The molecule has 0 aliphatic heterocycles. The van der Waals surface area contributed by atoms with Gasteiger partial charge in [-0.1, -0.05) is 23.7 Å². The zero-order chi connectivity index (χ0) is 16.4. The highest BCUT2D eigenvalue weighted by Gasteiger charge is 2.15. The Labute approximate surface area is 138 Å². The molecule has 0 aliphatic carbocycles. The molecule has 0 aliphatic rings. The van der Waals surface area contributed by atoms with Crippen molar-refractivity contribution in [2.45, 2.75) is 13.8 Å². The molecule has 0 fully saturated rings. The second-order valence-electron chi connectivity index (χ2n) is 5.19. The first kappa shape index (κ1) is 15.2. The second kappa shape index (κ2) is 6.18. The number of amides is 1. The molecule has 1 heterocycles. The largest absolute Gasteiger partial charge is 0.322 e. The van der Waals surface area contributed by atoms with E-state index in [2.05, 4.69) is 20.8 Å². The summed E-state index contributed by atoms with van der Waals surface area (Å²) in [6.07, 6.45) is 1.43. The fraction of sp³-hybridized carbons (Fsp3) is 0.125. The Morgan fingerprint density at radius 1 is 1.17 bits per heavy atom. The van der Waals surface area contributed by atoms with E-state index in [-0.39, 0.29) is 5.91 Å². The van der Waals surface area contributed by atoms with Gasteiger partial charge in [-0.05, 0) is 59.7 Å². The van der Waals surface area contributed by atoms with Crippen LogP contribution >= 0.6 is 11.6 Å². The first-order chi connectivity index (χ1) is 11.0. The van der Waals surface area contributed by atoms with Crippen molar-refractivity contribution in [2.24, 2.45) is 0 Å². The normalized spacial score (nSPS) is 10.6. The maximum Gasteiger partial charge on any atom is 0.257 e. The fourth-order valence-corrected chi connectivity index (χ4v) is 2.39. The van der Waals surface area contributed by atoms with E-state index in [1.807, 2.05) is 32.0 Å². The second-order valence-corrected chi connectivity index (χ2v) is 5.62. The maximum atomic E-state index is 12.7. The third-order valence-corrected chi connectivity index (χ3v) is 3.68. The number of nitrogens with zero attached hydrogens (tertiary/aromatic N) is 4. The number of aryl methyl sites for hydroxylation is 2. The van der Waals surface area contributed by atoms with Gasteiger partial charge in [0.2, 0.25) is 0 Å². The van der Waals surface area contributed by atoms with E-state index < -0.39 is 0 Å². The maximum absolute atomic E-state index is 12.7. The number of hydrogen-bond donors (Lipinski definition) is 1. The van der Waals surface area contributed by atoms with Gasteiger partial charge in [0.05, 0.1) is 11.3 Å². The quantitative estimate of drug-likeness (QED) is 0.802. The summed E-state index contributed by atoms with van der Waals surface area (Å²) in [5.41, 5.74) is 3.76. The Hall–Kier alpha value is -2.73. The molecule has 0 bridgehead atoms. The molecule has 1 aromatic heterocycles. The highest BCUT2D eigenvalue weighted by atomic mass is 35.5. The predicted octanol–water partition coefficient (Wildman–Crippen LogP) is 3.18. The van der Waals surface area contributed by atoms with Gasteiger partial charge >= 0.3 is 0 Å². The summed E-state index contributed by atoms with van der Waals surface area (Å²) in [5.74, 6) is -0.272. The monoisotopic (exact) mass is 327 g/mol. The lowest BCUT2D eigenvalue weighted by Crippen LogP contribution is -2.16. The highest BCUT2D eigenvalue weighted by Crippen LogP contribution is 2.22. The summed E-state index contributed by atoms with van der Waals surface area (Å²) in [6, 6.07) is 10.9. The van der Waals surface area contributed by atoms with Crippen LogP contribution in [0, 0.1) is 13.8 Å². The average molecular weight is 328 g/mol. The van der Waals surface area contributed by atoms with Crippen LogP contribution in [0.1, 0.15) is 21.5 Å². The molecule has 7 heteroatoms. The Morgan fingerprint density at radius 2 is 2.00 bits per heavy atom. The van der Waals surface area contributed by atoms with E-state index >= 15 is 0 Å². The van der Waals surface area contributed by atoms with Crippen LogP contribution in [0.4, 0.5) is 5.69 Å². The van der Waals surface area contributed by atoms with Crippen molar-refractivity contribution in [3.8, 4) is 5.69 Å². The van der Waals surface area contributed by atoms with Crippen LogP contribution in [0.5, 0.6) is 0 Å². The molecule has 23 heavy (non-hydrogen) atoms. The first-order valence-corrected chi connectivity index (χ1v) is 7.34. The molecular weight excluding hydrogens is 314 g/mol. The summed E-state index contributed by atoms with van der Waals surface area (Å²) >= 11 is 6.04. The Balaban J connectivity index is 1.99. The third kappa shape index (κ3) is 3.22. The number of halogens is 1. The Morgan fingerprint density at radius 3 is 2.74 bits per heavy atom. The molecule has 116 valence electrons. The van der Waals surface area contributed by atoms with Gasteiger partial charge in [0.25, 0.3) is 5.91 Å². The number of tetrazole rings is 1. The number of rotatable bonds is 3. The zero-order valence-electron chi connectivity index (χ0n) is 12.6. The van der Waals surface area contributed by atoms with Gasteiger partial charge in [0.1, 0.15) is 6.33 Å². The molecule has 3 aromatic rings. The van der Waals surface area contributed by atoms with Crippen LogP contribution in [0.15, 0.2) is 42.7 Å². The molecule has 6 nitrogen and oxygen atoms in total.